The van der Waals surface area contributed by atoms with Gasteiger partial charge in [-0.1, -0.05) is 0 Å². The van der Waals surface area contributed by atoms with Crippen LogP contribution >= 0.6 is 11.3 Å². The molecule has 154 valence electrons. The Hall–Kier alpha value is -1.72. The van der Waals surface area contributed by atoms with Gasteiger partial charge in [-0.2, -0.15) is 0 Å². The van der Waals surface area contributed by atoms with Gasteiger partial charge >= 0.3 is 5.97 Å². The van der Waals surface area contributed by atoms with Crippen LogP contribution in [0.5, 0.6) is 0 Å². The van der Waals surface area contributed by atoms with E-state index in [-0.39, 0.29) is 24.3 Å². The van der Waals surface area contributed by atoms with Gasteiger partial charge in [0.2, 0.25) is 10.0 Å². The van der Waals surface area contributed by atoms with Crippen LogP contribution in [0, 0.1) is 6.92 Å². The lowest BCUT2D eigenvalue weighted by atomic mass is 10.3. The van der Waals surface area contributed by atoms with Gasteiger partial charge in [0.05, 0.1) is 30.6 Å². The van der Waals surface area contributed by atoms with Crippen LogP contribution in [0.2, 0.25) is 0 Å². The number of carbonyl (C=O) groups is 1. The molecule has 1 atom stereocenters. The Balaban J connectivity index is 2.75. The average molecular weight is 420 g/mol. The highest BCUT2D eigenvalue weighted by atomic mass is 32.2. The maximum absolute atomic E-state index is 11.9. The highest BCUT2D eigenvalue weighted by Crippen LogP contribution is 2.24. The molecule has 0 amide bonds. The second-order valence-electron chi connectivity index (χ2n) is 5.61. The van der Waals surface area contributed by atoms with Crippen molar-refractivity contribution in [1.29, 1.82) is 0 Å². The second kappa shape index (κ2) is 11.2. The molecule has 11 heteroatoms. The summed E-state index contributed by atoms with van der Waals surface area (Å²) in [6, 6.07) is -0.179. The summed E-state index contributed by atoms with van der Waals surface area (Å²) in [7, 11) is -3.22. The Bertz CT molecular complexity index is 746. The quantitative estimate of drug-likeness (QED) is 0.225. The number of ether oxygens (including phenoxy) is 1. The lowest BCUT2D eigenvalue weighted by Crippen LogP contribution is -2.39. The standard InChI is InChI=1S/C16H29N5O4S2/c1-6-17-16(18-9-10-19-27(23,24)8-3)21-12(5)14-20-11(4)13(26-14)15(22)25-7-2/h12,19H,6-10H2,1-5H3,(H2,17,18,21). The SMILES string of the molecule is CCNC(=NCCNS(=O)(=O)CC)NC(C)c1nc(C)c(C(=O)OCC)s1. The van der Waals surface area contributed by atoms with Crippen molar-refractivity contribution >= 4 is 33.3 Å². The molecule has 3 N–H and O–H groups in total. The topological polar surface area (TPSA) is 122 Å². The van der Waals surface area contributed by atoms with Crippen molar-refractivity contribution in [2.24, 2.45) is 4.99 Å². The van der Waals surface area contributed by atoms with E-state index in [1.165, 1.54) is 11.3 Å². The number of thiazole rings is 1. The van der Waals surface area contributed by atoms with E-state index in [2.05, 4.69) is 25.3 Å². The number of sulfonamides is 1. The van der Waals surface area contributed by atoms with Crippen molar-refractivity contribution in [2.45, 2.75) is 40.7 Å². The summed E-state index contributed by atoms with van der Waals surface area (Å²) in [4.78, 5) is 21.2. The van der Waals surface area contributed by atoms with Gasteiger partial charge in [0.15, 0.2) is 5.96 Å². The van der Waals surface area contributed by atoms with E-state index >= 15 is 0 Å². The predicted octanol–water partition coefficient (Wildman–Crippen LogP) is 1.18. The number of rotatable bonds is 10. The zero-order valence-electron chi connectivity index (χ0n) is 16.5. The van der Waals surface area contributed by atoms with Gasteiger partial charge in [-0.15, -0.1) is 11.3 Å². The van der Waals surface area contributed by atoms with E-state index < -0.39 is 10.0 Å². The zero-order valence-corrected chi connectivity index (χ0v) is 18.1. The Morgan fingerprint density at radius 1 is 1.33 bits per heavy atom. The number of nitrogens with zero attached hydrogens (tertiary/aromatic N) is 2. The lowest BCUT2D eigenvalue weighted by Gasteiger charge is -2.16. The van der Waals surface area contributed by atoms with Crippen molar-refractivity contribution in [2.75, 3.05) is 32.0 Å². The van der Waals surface area contributed by atoms with Gasteiger partial charge in [-0.05, 0) is 34.6 Å². The average Bonchev–Trinajstić information content (AvgIpc) is 3.01. The maximum Gasteiger partial charge on any atom is 0.350 e. The van der Waals surface area contributed by atoms with Crippen LogP contribution in [0.3, 0.4) is 0 Å². The first-order valence-corrected chi connectivity index (χ1v) is 11.4. The van der Waals surface area contributed by atoms with Crippen LogP contribution < -0.4 is 15.4 Å². The normalized spacial score (nSPS) is 13.3. The zero-order chi connectivity index (χ0) is 20.4. The van der Waals surface area contributed by atoms with E-state index in [0.717, 1.165) is 5.01 Å². The molecule has 0 saturated carbocycles. The minimum Gasteiger partial charge on any atom is -0.462 e. The molecule has 1 heterocycles. The van der Waals surface area contributed by atoms with E-state index in [4.69, 9.17) is 4.74 Å². The first kappa shape index (κ1) is 23.3. The van der Waals surface area contributed by atoms with Gasteiger partial charge in [0, 0.05) is 13.1 Å². The molecule has 9 nitrogen and oxygen atoms in total. The number of guanidine groups is 1. The maximum atomic E-state index is 11.9. The summed E-state index contributed by atoms with van der Waals surface area (Å²) in [6.45, 7) is 10.5. The van der Waals surface area contributed by atoms with E-state index in [9.17, 15) is 13.2 Å². The smallest absolute Gasteiger partial charge is 0.350 e. The third kappa shape index (κ3) is 7.81. The van der Waals surface area contributed by atoms with Gasteiger partial charge < -0.3 is 15.4 Å². The van der Waals surface area contributed by atoms with E-state index in [0.29, 0.717) is 36.2 Å². The van der Waals surface area contributed by atoms with E-state index in [1.807, 2.05) is 13.8 Å². The van der Waals surface area contributed by atoms with Crippen LogP contribution in [-0.4, -0.2) is 57.3 Å². The lowest BCUT2D eigenvalue weighted by molar-refractivity contribution is 0.0531. The third-order valence-corrected chi connectivity index (χ3v) is 6.15. The first-order chi connectivity index (χ1) is 12.7. The highest BCUT2D eigenvalue weighted by molar-refractivity contribution is 7.89. The minimum absolute atomic E-state index is 0.0399. The molecule has 0 aliphatic rings. The Morgan fingerprint density at radius 2 is 2.04 bits per heavy atom. The third-order valence-electron chi connectivity index (χ3n) is 3.43. The Labute approximate surface area is 165 Å². The molecule has 0 aliphatic carbocycles. The van der Waals surface area contributed by atoms with Crippen LogP contribution in [-0.2, 0) is 14.8 Å². The molecule has 0 bridgehead atoms. The predicted molar refractivity (Wildman–Crippen MR) is 108 cm³/mol. The molecule has 0 saturated heterocycles. The summed E-state index contributed by atoms with van der Waals surface area (Å²) < 4.78 is 30.4. The van der Waals surface area contributed by atoms with Crippen molar-refractivity contribution in [1.82, 2.24) is 20.3 Å². The Morgan fingerprint density at radius 3 is 2.63 bits per heavy atom. The van der Waals surface area contributed by atoms with Crippen molar-refractivity contribution in [3.63, 3.8) is 0 Å². The number of nitrogens with one attached hydrogen (secondary N) is 3. The van der Waals surface area contributed by atoms with Gasteiger partial charge in [-0.25, -0.2) is 22.9 Å². The number of aryl methyl sites for hydroxylation is 1. The molecule has 1 unspecified atom stereocenters. The molecule has 0 aromatic carbocycles. The summed E-state index contributed by atoms with van der Waals surface area (Å²) in [5.74, 6) is 0.221. The molecule has 0 radical (unpaired) electrons. The minimum atomic E-state index is -3.22. The number of aromatic nitrogens is 1. The summed E-state index contributed by atoms with van der Waals surface area (Å²) in [5, 5.41) is 7.06. The fraction of sp³-hybridized carbons (Fsp3) is 0.688. The molecule has 0 fully saturated rings. The first-order valence-electron chi connectivity index (χ1n) is 8.90. The molecule has 1 aromatic heterocycles. The summed E-state index contributed by atoms with van der Waals surface area (Å²) in [5.41, 5.74) is 0.637. The van der Waals surface area contributed by atoms with Crippen LogP contribution in [0.4, 0.5) is 0 Å². The van der Waals surface area contributed by atoms with Crippen molar-refractivity contribution in [3.8, 4) is 0 Å². The fourth-order valence-electron chi connectivity index (χ4n) is 2.05. The van der Waals surface area contributed by atoms with E-state index in [1.54, 1.807) is 20.8 Å². The summed E-state index contributed by atoms with van der Waals surface area (Å²) >= 11 is 1.29. The largest absolute Gasteiger partial charge is 0.462 e. The second-order valence-corrected chi connectivity index (χ2v) is 8.74. The van der Waals surface area contributed by atoms with Crippen LogP contribution in [0.1, 0.15) is 54.1 Å². The summed E-state index contributed by atoms with van der Waals surface area (Å²) in [6.07, 6.45) is 0. The molecule has 0 spiro atoms. The number of esters is 1. The number of hydrogen-bond donors (Lipinski definition) is 3. The van der Waals surface area contributed by atoms with Gasteiger partial charge in [0.25, 0.3) is 0 Å². The number of carbonyl (C=O) groups excluding carboxylic acids is 1. The molecule has 1 rings (SSSR count). The van der Waals surface area contributed by atoms with Crippen LogP contribution in [0.15, 0.2) is 4.99 Å². The van der Waals surface area contributed by atoms with Crippen molar-refractivity contribution in [3.05, 3.63) is 15.6 Å². The molecule has 0 aliphatic heterocycles. The highest BCUT2D eigenvalue weighted by Gasteiger charge is 2.20. The number of aliphatic imine (C=N–C) groups is 1. The fourth-order valence-corrected chi connectivity index (χ4v) is 3.62. The van der Waals surface area contributed by atoms with Crippen LogP contribution in [0.25, 0.3) is 0 Å². The Kier molecular flexibility index (Phi) is 9.67. The van der Waals surface area contributed by atoms with Gasteiger partial charge in [0.1, 0.15) is 9.88 Å². The molecular weight excluding hydrogens is 390 g/mol. The number of hydrogen-bond acceptors (Lipinski definition) is 7. The molecule has 27 heavy (non-hydrogen) atoms. The molecule has 1 aromatic rings. The van der Waals surface area contributed by atoms with Crippen molar-refractivity contribution < 1.29 is 17.9 Å². The monoisotopic (exact) mass is 419 g/mol. The van der Waals surface area contributed by atoms with Gasteiger partial charge in [-0.3, -0.25) is 4.99 Å². The molecular formula is C16H29N5O4S2.